The summed E-state index contributed by atoms with van der Waals surface area (Å²) in [5.41, 5.74) is 5.25. The van der Waals surface area contributed by atoms with Gasteiger partial charge in [0.15, 0.2) is 11.2 Å². The molecule has 2 heterocycles. The van der Waals surface area contributed by atoms with Crippen molar-refractivity contribution in [3.05, 3.63) is 38.9 Å². The molecule has 0 spiro atoms. The molecule has 0 aliphatic carbocycles. The highest BCUT2D eigenvalue weighted by Crippen LogP contribution is 2.27. The maximum Gasteiger partial charge on any atom is 0.280 e. The molecule has 0 aliphatic heterocycles. The van der Waals surface area contributed by atoms with Gasteiger partial charge in [-0.3, -0.25) is 19.1 Å². The summed E-state index contributed by atoms with van der Waals surface area (Å²) in [6.45, 7) is 0. The van der Waals surface area contributed by atoms with Crippen LogP contribution in [-0.4, -0.2) is 33.7 Å². The number of ether oxygens (including phenoxy) is 2. The van der Waals surface area contributed by atoms with Crippen molar-refractivity contribution in [2.24, 2.45) is 7.05 Å². The Balaban J connectivity index is 2.37. The smallest absolute Gasteiger partial charge is 0.280 e. The molecular weight excluding hydrogens is 314 g/mol. The molecule has 2 aromatic heterocycles. The summed E-state index contributed by atoms with van der Waals surface area (Å²) in [5, 5.41) is 0. The van der Waals surface area contributed by atoms with Gasteiger partial charge in [-0.25, -0.2) is 4.98 Å². The number of hydrogen-bond acceptors (Lipinski definition) is 7. The van der Waals surface area contributed by atoms with E-state index in [1.54, 1.807) is 18.2 Å². The van der Waals surface area contributed by atoms with Crippen molar-refractivity contribution < 1.29 is 9.47 Å². The number of benzene rings is 1. The molecule has 0 aliphatic rings. The highest BCUT2D eigenvalue weighted by Gasteiger charge is 2.16. The number of aromatic amines is 1. The first-order valence-corrected chi connectivity index (χ1v) is 6.94. The van der Waals surface area contributed by atoms with Crippen molar-refractivity contribution in [3.63, 3.8) is 0 Å². The zero-order valence-electron chi connectivity index (χ0n) is 13.3. The molecule has 9 heteroatoms. The summed E-state index contributed by atoms with van der Waals surface area (Å²) in [5.74, 6) is 0.912. The summed E-state index contributed by atoms with van der Waals surface area (Å²) in [6.07, 6.45) is 0. The van der Waals surface area contributed by atoms with Gasteiger partial charge in [0.25, 0.3) is 11.1 Å². The van der Waals surface area contributed by atoms with E-state index < -0.39 is 11.1 Å². The molecule has 0 unspecified atom stereocenters. The van der Waals surface area contributed by atoms with Gasteiger partial charge in [0.2, 0.25) is 5.95 Å². The van der Waals surface area contributed by atoms with Crippen LogP contribution in [0.4, 0.5) is 5.95 Å². The van der Waals surface area contributed by atoms with Crippen molar-refractivity contribution in [1.82, 2.24) is 19.5 Å². The van der Waals surface area contributed by atoms with E-state index in [1.807, 2.05) is 0 Å². The van der Waals surface area contributed by atoms with Gasteiger partial charge in [-0.15, -0.1) is 0 Å². The first-order chi connectivity index (χ1) is 11.4. The number of aryl methyl sites for hydroxylation is 1. The lowest BCUT2D eigenvalue weighted by Crippen LogP contribution is -2.25. The van der Waals surface area contributed by atoms with Gasteiger partial charge in [-0.2, -0.15) is 4.98 Å². The predicted octanol–water partition coefficient (Wildman–Crippen LogP) is 0.283. The minimum atomic E-state index is -0.524. The van der Waals surface area contributed by atoms with Crippen LogP contribution in [-0.2, 0) is 7.05 Å². The van der Waals surface area contributed by atoms with E-state index in [-0.39, 0.29) is 22.8 Å². The van der Waals surface area contributed by atoms with E-state index >= 15 is 0 Å². The first kappa shape index (κ1) is 15.5. The summed E-state index contributed by atoms with van der Waals surface area (Å²) < 4.78 is 11.6. The quantitative estimate of drug-likeness (QED) is 0.707. The Kier molecular flexibility index (Phi) is 3.68. The Morgan fingerprint density at radius 2 is 1.71 bits per heavy atom. The molecule has 0 radical (unpaired) electrons. The van der Waals surface area contributed by atoms with E-state index in [9.17, 15) is 9.59 Å². The maximum absolute atomic E-state index is 12.6. The topological polar surface area (TPSA) is 125 Å². The van der Waals surface area contributed by atoms with Gasteiger partial charge in [0.1, 0.15) is 17.2 Å². The van der Waals surface area contributed by atoms with Gasteiger partial charge >= 0.3 is 0 Å². The molecule has 0 bridgehead atoms. The summed E-state index contributed by atoms with van der Waals surface area (Å²) in [4.78, 5) is 35.3. The number of anilines is 1. The van der Waals surface area contributed by atoms with E-state index in [4.69, 9.17) is 15.2 Å². The normalized spacial score (nSPS) is 10.8. The number of nitrogens with one attached hydrogen (secondary N) is 1. The van der Waals surface area contributed by atoms with Crippen molar-refractivity contribution in [3.8, 4) is 22.8 Å². The predicted molar refractivity (Wildman–Crippen MR) is 88.4 cm³/mol. The molecule has 24 heavy (non-hydrogen) atoms. The number of fused-ring (bicyclic) bond motifs is 1. The lowest BCUT2D eigenvalue weighted by molar-refractivity contribution is 0.394. The largest absolute Gasteiger partial charge is 0.497 e. The molecule has 124 valence electrons. The Morgan fingerprint density at radius 1 is 1.08 bits per heavy atom. The number of H-pyrrole nitrogens is 1. The molecule has 0 saturated carbocycles. The molecule has 3 aromatic rings. The highest BCUT2D eigenvalue weighted by atomic mass is 16.5. The number of nitrogens with zero attached hydrogens (tertiary/aromatic N) is 3. The Hall–Kier alpha value is -3.36. The fraction of sp³-hybridized carbons (Fsp3) is 0.200. The van der Waals surface area contributed by atoms with Crippen LogP contribution in [0.3, 0.4) is 0 Å². The lowest BCUT2D eigenvalue weighted by Gasteiger charge is -2.10. The van der Waals surface area contributed by atoms with Gasteiger partial charge in [0, 0.05) is 18.7 Å². The van der Waals surface area contributed by atoms with Crippen LogP contribution in [0.2, 0.25) is 0 Å². The third-order valence-electron chi connectivity index (χ3n) is 3.57. The number of hydrogen-bond donors (Lipinski definition) is 2. The van der Waals surface area contributed by atoms with Crippen LogP contribution in [0, 0.1) is 0 Å². The minimum Gasteiger partial charge on any atom is -0.497 e. The van der Waals surface area contributed by atoms with Crippen molar-refractivity contribution in [2.45, 2.75) is 0 Å². The third kappa shape index (κ3) is 2.45. The second kappa shape index (κ2) is 5.69. The first-order valence-electron chi connectivity index (χ1n) is 6.94. The summed E-state index contributed by atoms with van der Waals surface area (Å²) in [6, 6.07) is 4.94. The molecule has 0 saturated heterocycles. The third-order valence-corrected chi connectivity index (χ3v) is 3.57. The molecule has 0 amide bonds. The minimum absolute atomic E-state index is 0.0167. The Bertz CT molecular complexity index is 1030. The Morgan fingerprint density at radius 3 is 2.29 bits per heavy atom. The van der Waals surface area contributed by atoms with E-state index in [2.05, 4.69) is 15.0 Å². The SMILES string of the molecule is COc1cc(OC)cc(-c2nc3c(=O)[nH]c(N)nc3n(C)c2=O)c1. The van der Waals surface area contributed by atoms with Crippen LogP contribution in [0.15, 0.2) is 27.8 Å². The number of aromatic nitrogens is 4. The van der Waals surface area contributed by atoms with Gasteiger partial charge in [-0.05, 0) is 12.1 Å². The molecule has 1 aromatic carbocycles. The van der Waals surface area contributed by atoms with Gasteiger partial charge in [0.05, 0.1) is 14.2 Å². The molecular formula is C15H15N5O4. The van der Waals surface area contributed by atoms with Crippen LogP contribution in [0.5, 0.6) is 11.5 Å². The van der Waals surface area contributed by atoms with E-state index in [0.717, 1.165) is 0 Å². The summed E-state index contributed by atoms with van der Waals surface area (Å²) in [7, 11) is 4.50. The zero-order chi connectivity index (χ0) is 17.4. The number of rotatable bonds is 3. The van der Waals surface area contributed by atoms with Crippen molar-refractivity contribution in [2.75, 3.05) is 20.0 Å². The fourth-order valence-electron chi connectivity index (χ4n) is 2.35. The van der Waals surface area contributed by atoms with Crippen LogP contribution in [0.25, 0.3) is 22.4 Å². The highest BCUT2D eigenvalue weighted by molar-refractivity contribution is 5.75. The number of methoxy groups -OCH3 is 2. The second-order valence-corrected chi connectivity index (χ2v) is 5.05. The van der Waals surface area contributed by atoms with Crippen LogP contribution in [0.1, 0.15) is 0 Å². The fourth-order valence-corrected chi connectivity index (χ4v) is 2.35. The van der Waals surface area contributed by atoms with Gasteiger partial charge in [-0.1, -0.05) is 0 Å². The second-order valence-electron chi connectivity index (χ2n) is 5.05. The summed E-state index contributed by atoms with van der Waals surface area (Å²) >= 11 is 0. The van der Waals surface area contributed by atoms with Crippen molar-refractivity contribution in [1.29, 1.82) is 0 Å². The molecule has 9 nitrogen and oxygen atoms in total. The van der Waals surface area contributed by atoms with Gasteiger partial charge < -0.3 is 15.2 Å². The maximum atomic E-state index is 12.6. The Labute approximate surface area is 135 Å². The number of nitrogens with two attached hydrogens (primary N) is 1. The van der Waals surface area contributed by atoms with E-state index in [1.165, 1.54) is 25.8 Å². The molecule has 0 atom stereocenters. The average Bonchev–Trinajstić information content (AvgIpc) is 2.57. The zero-order valence-corrected chi connectivity index (χ0v) is 13.3. The standard InChI is InChI=1S/C15H15N5O4/c1-20-12-11(13(21)19-15(16)18-12)17-10(14(20)22)7-4-8(23-2)6-9(5-7)24-3/h4-6H,1-3H3,(H3,16,18,19,21). The number of nitrogen functional groups attached to an aromatic ring is 1. The van der Waals surface area contributed by atoms with Crippen LogP contribution < -0.4 is 26.3 Å². The van der Waals surface area contributed by atoms with Crippen molar-refractivity contribution >= 4 is 17.1 Å². The average molecular weight is 329 g/mol. The molecule has 3 N–H and O–H groups in total. The molecule has 3 rings (SSSR count). The lowest BCUT2D eigenvalue weighted by atomic mass is 10.1. The monoisotopic (exact) mass is 329 g/mol. The van der Waals surface area contributed by atoms with Crippen LogP contribution >= 0.6 is 0 Å². The molecule has 0 fully saturated rings. The van der Waals surface area contributed by atoms with E-state index in [0.29, 0.717) is 17.1 Å².